The van der Waals surface area contributed by atoms with Crippen LogP contribution in [0, 0.1) is 11.8 Å². The molecule has 2 unspecified atom stereocenters. The highest BCUT2D eigenvalue weighted by Gasteiger charge is 2.32. The molecule has 0 saturated heterocycles. The molecule has 1 N–H and O–H groups in total. The van der Waals surface area contributed by atoms with E-state index in [1.807, 2.05) is 18.2 Å². The molecule has 2 rings (SSSR count). The van der Waals surface area contributed by atoms with E-state index in [0.29, 0.717) is 12.3 Å². The van der Waals surface area contributed by atoms with E-state index in [0.717, 1.165) is 23.0 Å². The van der Waals surface area contributed by atoms with Gasteiger partial charge in [-0.15, -0.1) is 0 Å². The average molecular weight is 250 g/mol. The van der Waals surface area contributed by atoms with E-state index in [2.05, 4.69) is 6.92 Å². The number of ether oxygens (including phenoxy) is 2. The van der Waals surface area contributed by atoms with Crippen molar-refractivity contribution in [3.63, 3.8) is 0 Å². The lowest BCUT2D eigenvalue weighted by molar-refractivity contribution is 0.105. The lowest BCUT2D eigenvalue weighted by Crippen LogP contribution is -2.21. The van der Waals surface area contributed by atoms with Crippen LogP contribution >= 0.6 is 0 Å². The number of rotatable bonds is 6. The molecule has 3 heteroatoms. The van der Waals surface area contributed by atoms with E-state index < -0.39 is 0 Å². The van der Waals surface area contributed by atoms with Crippen LogP contribution in [0.15, 0.2) is 18.2 Å². The van der Waals surface area contributed by atoms with Crippen LogP contribution in [-0.2, 0) is 6.42 Å². The molecule has 0 amide bonds. The van der Waals surface area contributed by atoms with Gasteiger partial charge in [-0.3, -0.25) is 0 Å². The molecule has 0 spiro atoms. The predicted octanol–water partition coefficient (Wildman–Crippen LogP) is 2.65. The molecule has 1 aromatic rings. The summed E-state index contributed by atoms with van der Waals surface area (Å²) >= 11 is 0. The van der Waals surface area contributed by atoms with Gasteiger partial charge < -0.3 is 14.6 Å². The van der Waals surface area contributed by atoms with Crippen molar-refractivity contribution in [3.05, 3.63) is 23.8 Å². The summed E-state index contributed by atoms with van der Waals surface area (Å²) in [6.45, 7) is 2.14. The first-order valence-electron chi connectivity index (χ1n) is 6.54. The maximum absolute atomic E-state index is 10.2. The van der Waals surface area contributed by atoms with Crippen LogP contribution in [0.25, 0.3) is 0 Å². The normalized spacial score (nSPS) is 18.2. The Kier molecular flexibility index (Phi) is 4.12. The molecule has 1 aliphatic rings. The van der Waals surface area contributed by atoms with E-state index in [9.17, 15) is 5.11 Å². The second-order valence-electron chi connectivity index (χ2n) is 5.16. The maximum Gasteiger partial charge on any atom is 0.160 e. The molecule has 3 nitrogen and oxygen atoms in total. The number of hydrogen-bond acceptors (Lipinski definition) is 3. The van der Waals surface area contributed by atoms with Crippen LogP contribution in [0.2, 0.25) is 0 Å². The molecular formula is C15H22O3. The molecule has 0 aromatic heterocycles. The molecule has 1 saturated carbocycles. The first-order valence-corrected chi connectivity index (χ1v) is 6.54. The summed E-state index contributed by atoms with van der Waals surface area (Å²) in [5.41, 5.74) is 1.09. The van der Waals surface area contributed by atoms with Crippen molar-refractivity contribution in [1.29, 1.82) is 0 Å². The lowest BCUT2D eigenvalue weighted by Gasteiger charge is -2.19. The third-order valence-corrected chi connectivity index (χ3v) is 3.87. The highest BCUT2D eigenvalue weighted by molar-refractivity contribution is 5.43. The molecule has 0 radical (unpaired) electrons. The fraction of sp³-hybridized carbons (Fsp3) is 0.600. The minimum atomic E-state index is -0.268. The van der Waals surface area contributed by atoms with Crippen molar-refractivity contribution < 1.29 is 14.6 Å². The maximum atomic E-state index is 10.2. The van der Waals surface area contributed by atoms with E-state index in [4.69, 9.17) is 9.47 Å². The summed E-state index contributed by atoms with van der Waals surface area (Å²) in [7, 11) is 3.26. The summed E-state index contributed by atoms with van der Waals surface area (Å²) in [5.74, 6) is 2.56. The predicted molar refractivity (Wildman–Crippen MR) is 71.1 cm³/mol. The van der Waals surface area contributed by atoms with Crippen LogP contribution in [0.4, 0.5) is 0 Å². The van der Waals surface area contributed by atoms with E-state index >= 15 is 0 Å². The third kappa shape index (κ3) is 2.96. The Morgan fingerprint density at radius 1 is 1.22 bits per heavy atom. The van der Waals surface area contributed by atoms with Crippen LogP contribution in [0.5, 0.6) is 11.5 Å². The SMILES string of the molecule is COc1ccc(CC(O)C(C)C2CC2)cc1OC. The summed E-state index contributed by atoms with van der Waals surface area (Å²) in [4.78, 5) is 0. The van der Waals surface area contributed by atoms with Crippen molar-refractivity contribution in [3.8, 4) is 11.5 Å². The lowest BCUT2D eigenvalue weighted by atomic mass is 9.94. The monoisotopic (exact) mass is 250 g/mol. The quantitative estimate of drug-likeness (QED) is 0.843. The average Bonchev–Trinajstić information content (AvgIpc) is 3.21. The fourth-order valence-electron chi connectivity index (χ4n) is 2.37. The smallest absolute Gasteiger partial charge is 0.160 e. The second kappa shape index (κ2) is 5.61. The van der Waals surface area contributed by atoms with E-state index in [1.165, 1.54) is 12.8 Å². The Hall–Kier alpha value is -1.22. The van der Waals surface area contributed by atoms with Gasteiger partial charge in [0.1, 0.15) is 0 Å². The van der Waals surface area contributed by atoms with Gasteiger partial charge in [0.05, 0.1) is 20.3 Å². The van der Waals surface area contributed by atoms with Crippen LogP contribution in [0.3, 0.4) is 0 Å². The highest BCUT2D eigenvalue weighted by atomic mass is 16.5. The molecule has 0 aliphatic heterocycles. The summed E-state index contributed by atoms with van der Waals surface area (Å²) in [6.07, 6.45) is 2.95. The number of methoxy groups -OCH3 is 2. The van der Waals surface area contributed by atoms with Crippen molar-refractivity contribution in [2.24, 2.45) is 11.8 Å². The van der Waals surface area contributed by atoms with Crippen LogP contribution < -0.4 is 9.47 Å². The topological polar surface area (TPSA) is 38.7 Å². The molecule has 1 aromatic carbocycles. The van der Waals surface area contributed by atoms with E-state index in [1.54, 1.807) is 14.2 Å². The zero-order valence-corrected chi connectivity index (χ0v) is 11.3. The Labute approximate surface area is 109 Å². The van der Waals surface area contributed by atoms with Gasteiger partial charge in [0, 0.05) is 0 Å². The fourth-order valence-corrected chi connectivity index (χ4v) is 2.37. The van der Waals surface area contributed by atoms with Gasteiger partial charge in [-0.2, -0.15) is 0 Å². The number of hydrogen-bond donors (Lipinski definition) is 1. The van der Waals surface area contributed by atoms with E-state index in [-0.39, 0.29) is 6.10 Å². The highest BCUT2D eigenvalue weighted by Crippen LogP contribution is 2.39. The van der Waals surface area contributed by atoms with Gasteiger partial charge >= 0.3 is 0 Å². The summed E-state index contributed by atoms with van der Waals surface area (Å²) < 4.78 is 10.5. The van der Waals surface area contributed by atoms with Crippen LogP contribution in [-0.4, -0.2) is 25.4 Å². The van der Waals surface area contributed by atoms with Gasteiger partial charge in [0.2, 0.25) is 0 Å². The molecule has 1 fully saturated rings. The zero-order valence-electron chi connectivity index (χ0n) is 11.3. The Bertz CT molecular complexity index is 399. The first-order chi connectivity index (χ1) is 8.65. The standard InChI is InChI=1S/C15H22O3/c1-10(12-5-6-12)13(16)8-11-4-7-14(17-2)15(9-11)18-3/h4,7,9-10,12-13,16H,5-6,8H2,1-3H3. The van der Waals surface area contributed by atoms with Crippen molar-refractivity contribution in [2.75, 3.05) is 14.2 Å². The zero-order chi connectivity index (χ0) is 13.1. The van der Waals surface area contributed by atoms with Crippen molar-refractivity contribution >= 4 is 0 Å². The number of benzene rings is 1. The minimum Gasteiger partial charge on any atom is -0.493 e. The largest absolute Gasteiger partial charge is 0.493 e. The second-order valence-corrected chi connectivity index (χ2v) is 5.16. The first kappa shape index (κ1) is 13.2. The van der Waals surface area contributed by atoms with Crippen molar-refractivity contribution in [1.82, 2.24) is 0 Å². The Morgan fingerprint density at radius 2 is 1.89 bits per heavy atom. The third-order valence-electron chi connectivity index (χ3n) is 3.87. The molecule has 0 heterocycles. The Balaban J connectivity index is 2.04. The van der Waals surface area contributed by atoms with Gasteiger partial charge in [-0.25, -0.2) is 0 Å². The summed E-state index contributed by atoms with van der Waals surface area (Å²) in [6, 6.07) is 5.83. The van der Waals surface area contributed by atoms with Gasteiger partial charge in [0.15, 0.2) is 11.5 Å². The van der Waals surface area contributed by atoms with Crippen molar-refractivity contribution in [2.45, 2.75) is 32.3 Å². The van der Waals surface area contributed by atoms with Gasteiger partial charge in [0.25, 0.3) is 0 Å². The van der Waals surface area contributed by atoms with Gasteiger partial charge in [-0.1, -0.05) is 13.0 Å². The molecule has 0 bridgehead atoms. The minimum absolute atomic E-state index is 0.268. The van der Waals surface area contributed by atoms with Gasteiger partial charge in [-0.05, 0) is 48.8 Å². The molecule has 100 valence electrons. The van der Waals surface area contributed by atoms with Crippen LogP contribution in [0.1, 0.15) is 25.3 Å². The number of aliphatic hydroxyl groups is 1. The Morgan fingerprint density at radius 3 is 2.44 bits per heavy atom. The molecule has 1 aliphatic carbocycles. The molecule has 2 atom stereocenters. The molecule has 18 heavy (non-hydrogen) atoms. The summed E-state index contributed by atoms with van der Waals surface area (Å²) in [5, 5.41) is 10.2. The molecular weight excluding hydrogens is 228 g/mol. The number of aliphatic hydroxyl groups excluding tert-OH is 1.